The monoisotopic (exact) mass is 320 g/mol. The highest BCUT2D eigenvalue weighted by Gasteiger charge is 2.14. The van der Waals surface area contributed by atoms with Crippen LogP contribution in [0.3, 0.4) is 0 Å². The summed E-state index contributed by atoms with van der Waals surface area (Å²) < 4.78 is 0. The highest BCUT2D eigenvalue weighted by Crippen LogP contribution is 2.16. The zero-order valence-electron chi connectivity index (χ0n) is 13.9. The smallest absolute Gasteiger partial charge is 0.227 e. The van der Waals surface area contributed by atoms with E-state index >= 15 is 0 Å². The summed E-state index contributed by atoms with van der Waals surface area (Å²) in [7, 11) is 0. The molecule has 1 fully saturated rings. The van der Waals surface area contributed by atoms with Crippen LogP contribution in [-0.2, 0) is 0 Å². The second-order valence-corrected chi connectivity index (χ2v) is 6.01. The zero-order chi connectivity index (χ0) is 16.6. The van der Waals surface area contributed by atoms with E-state index in [-0.39, 0.29) is 0 Å². The van der Waals surface area contributed by atoms with Crippen molar-refractivity contribution in [1.82, 2.24) is 4.90 Å². The molecule has 0 saturated carbocycles. The Kier molecular flexibility index (Phi) is 5.61. The van der Waals surface area contributed by atoms with Crippen LogP contribution in [0.2, 0.25) is 0 Å². The van der Waals surface area contributed by atoms with Gasteiger partial charge in [-0.3, -0.25) is 0 Å². The Bertz CT molecular complexity index is 684. The summed E-state index contributed by atoms with van der Waals surface area (Å²) in [6, 6.07) is 19.8. The standard InChI is InChI=1S/C20H24N4/c21-19(17-11-5-3-6-12-17)23-20(22-18-13-7-4-8-14-18)24-15-9-1-2-10-16-24/h3-8,11-14H,1-2,9-10,15-16H2,(H2,21,22,23). The van der Waals surface area contributed by atoms with Crippen LogP contribution >= 0.6 is 0 Å². The van der Waals surface area contributed by atoms with Crippen LogP contribution in [0.1, 0.15) is 31.2 Å². The third kappa shape index (κ3) is 4.44. The predicted octanol–water partition coefficient (Wildman–Crippen LogP) is 3.96. The average Bonchev–Trinajstić information content (AvgIpc) is 2.92. The Hall–Kier alpha value is -2.62. The SMILES string of the molecule is N/C(=N/C(=Nc1ccccc1)N1CCCCCC1)c1ccccc1. The molecule has 0 aromatic heterocycles. The summed E-state index contributed by atoms with van der Waals surface area (Å²) >= 11 is 0. The summed E-state index contributed by atoms with van der Waals surface area (Å²) in [5.74, 6) is 1.22. The van der Waals surface area contributed by atoms with E-state index in [1.165, 1.54) is 25.7 Å². The molecule has 2 N–H and O–H groups in total. The highest BCUT2D eigenvalue weighted by molar-refractivity contribution is 6.05. The lowest BCUT2D eigenvalue weighted by Crippen LogP contribution is -2.32. The number of benzene rings is 2. The zero-order valence-corrected chi connectivity index (χ0v) is 13.9. The number of hydrogen-bond acceptors (Lipinski definition) is 1. The van der Waals surface area contributed by atoms with E-state index in [1.54, 1.807) is 0 Å². The molecule has 0 unspecified atom stereocenters. The summed E-state index contributed by atoms with van der Waals surface area (Å²) in [5, 5.41) is 0. The van der Waals surface area contributed by atoms with Crippen molar-refractivity contribution in [2.45, 2.75) is 25.7 Å². The number of para-hydroxylation sites is 1. The minimum Gasteiger partial charge on any atom is -0.383 e. The molecule has 2 aromatic carbocycles. The van der Waals surface area contributed by atoms with Gasteiger partial charge in [0.25, 0.3) is 0 Å². The first kappa shape index (κ1) is 16.2. The van der Waals surface area contributed by atoms with E-state index in [9.17, 15) is 0 Å². The maximum atomic E-state index is 6.24. The van der Waals surface area contributed by atoms with Crippen molar-refractivity contribution in [2.24, 2.45) is 15.7 Å². The van der Waals surface area contributed by atoms with Crippen LogP contribution in [0.25, 0.3) is 0 Å². The Morgan fingerprint density at radius 1 is 0.792 bits per heavy atom. The first-order valence-electron chi connectivity index (χ1n) is 8.61. The first-order valence-corrected chi connectivity index (χ1v) is 8.61. The molecule has 1 saturated heterocycles. The molecule has 4 heteroatoms. The van der Waals surface area contributed by atoms with E-state index in [1.807, 2.05) is 60.7 Å². The second kappa shape index (κ2) is 8.29. The van der Waals surface area contributed by atoms with E-state index in [2.05, 4.69) is 9.89 Å². The fraction of sp³-hybridized carbons (Fsp3) is 0.300. The van der Waals surface area contributed by atoms with Gasteiger partial charge in [-0.15, -0.1) is 0 Å². The molecule has 4 nitrogen and oxygen atoms in total. The molecule has 2 aromatic rings. The van der Waals surface area contributed by atoms with Crippen LogP contribution in [0.15, 0.2) is 70.6 Å². The molecule has 0 spiro atoms. The van der Waals surface area contributed by atoms with E-state index in [4.69, 9.17) is 10.7 Å². The largest absolute Gasteiger partial charge is 0.383 e. The van der Waals surface area contributed by atoms with Gasteiger partial charge in [0, 0.05) is 18.7 Å². The molecule has 24 heavy (non-hydrogen) atoms. The normalized spacial score (nSPS) is 16.8. The summed E-state index contributed by atoms with van der Waals surface area (Å²) in [4.78, 5) is 11.7. The van der Waals surface area contributed by atoms with Crippen LogP contribution in [0.5, 0.6) is 0 Å². The molecular formula is C20H24N4. The number of guanidine groups is 1. The lowest BCUT2D eigenvalue weighted by Gasteiger charge is -2.21. The second-order valence-electron chi connectivity index (χ2n) is 6.01. The summed E-state index contributed by atoms with van der Waals surface area (Å²) in [5.41, 5.74) is 8.07. The van der Waals surface area contributed by atoms with Gasteiger partial charge in [0.1, 0.15) is 5.84 Å². The van der Waals surface area contributed by atoms with Crippen LogP contribution in [-0.4, -0.2) is 29.8 Å². The minimum absolute atomic E-state index is 0.509. The maximum absolute atomic E-state index is 6.24. The average molecular weight is 320 g/mol. The van der Waals surface area contributed by atoms with Crippen molar-refractivity contribution in [3.05, 3.63) is 66.2 Å². The van der Waals surface area contributed by atoms with Gasteiger partial charge < -0.3 is 10.6 Å². The maximum Gasteiger partial charge on any atom is 0.227 e. The molecular weight excluding hydrogens is 296 g/mol. The first-order chi connectivity index (χ1) is 11.8. The Morgan fingerprint density at radius 3 is 2.00 bits per heavy atom. The van der Waals surface area contributed by atoms with Crippen molar-refractivity contribution in [3.8, 4) is 0 Å². The van der Waals surface area contributed by atoms with E-state index in [0.29, 0.717) is 11.8 Å². The van der Waals surface area contributed by atoms with Crippen molar-refractivity contribution < 1.29 is 0 Å². The van der Waals surface area contributed by atoms with E-state index in [0.717, 1.165) is 24.3 Å². The number of aliphatic imine (C=N–C) groups is 2. The molecule has 0 aliphatic carbocycles. The Labute approximate surface area is 143 Å². The summed E-state index contributed by atoms with van der Waals surface area (Å²) in [6.07, 6.45) is 4.89. The Morgan fingerprint density at radius 2 is 1.38 bits per heavy atom. The molecule has 0 bridgehead atoms. The molecule has 1 aliphatic heterocycles. The number of nitrogens with two attached hydrogens (primary N) is 1. The number of rotatable bonds is 2. The van der Waals surface area contributed by atoms with Crippen molar-refractivity contribution in [3.63, 3.8) is 0 Å². The van der Waals surface area contributed by atoms with Crippen molar-refractivity contribution in [2.75, 3.05) is 13.1 Å². The lowest BCUT2D eigenvalue weighted by atomic mass is 10.2. The van der Waals surface area contributed by atoms with Crippen molar-refractivity contribution in [1.29, 1.82) is 0 Å². The molecule has 1 heterocycles. The molecule has 0 amide bonds. The van der Waals surface area contributed by atoms with Gasteiger partial charge in [0.05, 0.1) is 5.69 Å². The number of likely N-dealkylation sites (tertiary alicyclic amines) is 1. The molecule has 3 rings (SSSR count). The number of nitrogens with zero attached hydrogens (tertiary/aromatic N) is 3. The molecule has 0 atom stereocenters. The third-order valence-electron chi connectivity index (χ3n) is 4.16. The summed E-state index contributed by atoms with van der Waals surface area (Å²) in [6.45, 7) is 1.97. The predicted molar refractivity (Wildman–Crippen MR) is 101 cm³/mol. The quantitative estimate of drug-likeness (QED) is 0.673. The fourth-order valence-corrected chi connectivity index (χ4v) is 2.84. The van der Waals surface area contributed by atoms with Gasteiger partial charge in [0.2, 0.25) is 5.96 Å². The van der Waals surface area contributed by atoms with Crippen LogP contribution < -0.4 is 5.73 Å². The van der Waals surface area contributed by atoms with Gasteiger partial charge in [-0.1, -0.05) is 61.4 Å². The number of hydrogen-bond donors (Lipinski definition) is 1. The van der Waals surface area contributed by atoms with Crippen LogP contribution in [0, 0.1) is 0 Å². The molecule has 0 radical (unpaired) electrons. The van der Waals surface area contributed by atoms with Gasteiger partial charge >= 0.3 is 0 Å². The highest BCUT2D eigenvalue weighted by atomic mass is 15.3. The third-order valence-corrected chi connectivity index (χ3v) is 4.16. The van der Waals surface area contributed by atoms with Gasteiger partial charge in [-0.25, -0.2) is 4.99 Å². The van der Waals surface area contributed by atoms with Crippen molar-refractivity contribution >= 4 is 17.5 Å². The minimum atomic E-state index is 0.509. The van der Waals surface area contributed by atoms with Gasteiger partial charge in [-0.2, -0.15) is 4.99 Å². The lowest BCUT2D eigenvalue weighted by molar-refractivity contribution is 0.431. The van der Waals surface area contributed by atoms with Gasteiger partial charge in [-0.05, 0) is 25.0 Å². The van der Waals surface area contributed by atoms with E-state index < -0.39 is 0 Å². The topological polar surface area (TPSA) is 54.0 Å². The number of amidine groups is 1. The fourth-order valence-electron chi connectivity index (χ4n) is 2.84. The molecule has 124 valence electrons. The van der Waals surface area contributed by atoms with Gasteiger partial charge in [0.15, 0.2) is 0 Å². The van der Waals surface area contributed by atoms with Crippen LogP contribution in [0.4, 0.5) is 5.69 Å². The molecule has 1 aliphatic rings. The Balaban J connectivity index is 1.93.